The molecule has 0 fully saturated rings. The maximum Gasteiger partial charge on any atom is 0.254 e. The van der Waals surface area contributed by atoms with Gasteiger partial charge in [-0.05, 0) is 44.0 Å². The second kappa shape index (κ2) is 9.07. The molecule has 3 rings (SSSR count). The molecule has 1 amide bonds. The Kier molecular flexibility index (Phi) is 6.51. The maximum atomic E-state index is 12.0. The number of rotatable bonds is 7. The number of pyridine rings is 3. The van der Waals surface area contributed by atoms with Gasteiger partial charge >= 0.3 is 0 Å². The monoisotopic (exact) mass is 394 g/mol. The number of fused-ring (bicyclic) bond motifs is 1. The summed E-state index contributed by atoms with van der Waals surface area (Å²) in [6, 6.07) is 5.63. The Balaban J connectivity index is 1.86. The highest BCUT2D eigenvalue weighted by Crippen LogP contribution is 2.27. The van der Waals surface area contributed by atoms with Crippen molar-refractivity contribution in [3.05, 3.63) is 48.0 Å². The van der Waals surface area contributed by atoms with Crippen LogP contribution in [0, 0.1) is 6.92 Å². The van der Waals surface area contributed by atoms with E-state index in [2.05, 4.69) is 20.3 Å². The van der Waals surface area contributed by atoms with Crippen LogP contribution < -0.4 is 5.32 Å². The van der Waals surface area contributed by atoms with Crippen molar-refractivity contribution in [3.63, 3.8) is 0 Å². The summed E-state index contributed by atoms with van der Waals surface area (Å²) in [4.78, 5) is 25.2. The number of hydrogen-bond donors (Lipinski definition) is 2. The quantitative estimate of drug-likeness (QED) is 0.632. The van der Waals surface area contributed by atoms with Crippen molar-refractivity contribution in [2.75, 3.05) is 12.4 Å². The topological polar surface area (TPSA) is 97.2 Å². The molecule has 7 nitrogen and oxygen atoms in total. The SMILES string of the molecule is CCC[C@H](O)c1cc(C)c(-c2cc3cnc(NC(=O)[C@@H](C)OC)cc3cn2)cn1. The molecule has 152 valence electrons. The fraction of sp³-hybridized carbons (Fsp3) is 0.364. The zero-order chi connectivity index (χ0) is 21.0. The molecule has 0 saturated heterocycles. The van der Waals surface area contributed by atoms with Crippen molar-refractivity contribution < 1.29 is 14.6 Å². The number of nitrogens with one attached hydrogen (secondary N) is 1. The fourth-order valence-corrected chi connectivity index (χ4v) is 3.04. The molecule has 0 spiro atoms. The molecule has 0 bridgehead atoms. The summed E-state index contributed by atoms with van der Waals surface area (Å²) in [6.07, 6.45) is 5.70. The summed E-state index contributed by atoms with van der Waals surface area (Å²) in [7, 11) is 1.48. The number of anilines is 1. The molecule has 0 aromatic carbocycles. The van der Waals surface area contributed by atoms with Gasteiger partial charge in [0.15, 0.2) is 0 Å². The zero-order valence-electron chi connectivity index (χ0n) is 17.1. The lowest BCUT2D eigenvalue weighted by Gasteiger charge is -2.12. The van der Waals surface area contributed by atoms with Crippen LogP contribution in [0.3, 0.4) is 0 Å². The average Bonchev–Trinajstić information content (AvgIpc) is 2.72. The molecule has 0 aliphatic heterocycles. The lowest BCUT2D eigenvalue weighted by Crippen LogP contribution is -2.26. The van der Waals surface area contributed by atoms with E-state index >= 15 is 0 Å². The Labute approximate surface area is 170 Å². The molecule has 3 aromatic rings. The first kappa shape index (κ1) is 20.8. The molecule has 0 unspecified atom stereocenters. The van der Waals surface area contributed by atoms with Crippen molar-refractivity contribution in [1.82, 2.24) is 15.0 Å². The van der Waals surface area contributed by atoms with Crippen molar-refractivity contribution in [3.8, 4) is 11.3 Å². The van der Waals surface area contributed by atoms with Crippen LogP contribution in [0.15, 0.2) is 36.8 Å². The van der Waals surface area contributed by atoms with Crippen LogP contribution in [0.1, 0.15) is 44.1 Å². The van der Waals surface area contributed by atoms with Gasteiger partial charge < -0.3 is 15.2 Å². The number of nitrogens with zero attached hydrogens (tertiary/aromatic N) is 3. The Hall–Kier alpha value is -2.90. The first-order valence-electron chi connectivity index (χ1n) is 9.67. The highest BCUT2D eigenvalue weighted by Gasteiger charge is 2.14. The minimum absolute atomic E-state index is 0.254. The van der Waals surface area contributed by atoms with Gasteiger partial charge in [0.1, 0.15) is 11.9 Å². The van der Waals surface area contributed by atoms with E-state index in [4.69, 9.17) is 4.74 Å². The van der Waals surface area contributed by atoms with Gasteiger partial charge in [0.05, 0.1) is 17.5 Å². The van der Waals surface area contributed by atoms with Crippen LogP contribution in [0.4, 0.5) is 5.82 Å². The summed E-state index contributed by atoms with van der Waals surface area (Å²) in [5, 5.41) is 14.7. The third-order valence-electron chi connectivity index (χ3n) is 4.89. The number of carbonyl (C=O) groups excluding carboxylic acids is 1. The fourth-order valence-electron chi connectivity index (χ4n) is 3.04. The smallest absolute Gasteiger partial charge is 0.254 e. The summed E-state index contributed by atoms with van der Waals surface area (Å²) >= 11 is 0. The standard InChI is InChI=1S/C22H26N4O3/c1-5-6-20(27)19-7-13(2)17(12-24-19)18-8-15-11-25-21(9-16(15)10-23-18)26-22(28)14(3)29-4/h7-12,14,20,27H,5-6H2,1-4H3,(H,25,26,28)/t14-,20+/m1/s1. The molecule has 3 aromatic heterocycles. The number of aromatic nitrogens is 3. The second-order valence-corrected chi connectivity index (χ2v) is 7.08. The van der Waals surface area contributed by atoms with Crippen LogP contribution in [0.5, 0.6) is 0 Å². The number of hydrogen-bond acceptors (Lipinski definition) is 6. The zero-order valence-corrected chi connectivity index (χ0v) is 17.1. The van der Waals surface area contributed by atoms with Crippen LogP contribution in [0.25, 0.3) is 22.0 Å². The number of aliphatic hydroxyl groups excluding tert-OH is 1. The lowest BCUT2D eigenvalue weighted by molar-refractivity contribution is -0.124. The average molecular weight is 394 g/mol. The van der Waals surface area contributed by atoms with E-state index in [-0.39, 0.29) is 5.91 Å². The van der Waals surface area contributed by atoms with Crippen LogP contribution in [-0.2, 0) is 9.53 Å². The molecule has 0 aliphatic rings. The maximum absolute atomic E-state index is 12.0. The second-order valence-electron chi connectivity index (χ2n) is 7.08. The van der Waals surface area contributed by atoms with E-state index in [0.717, 1.165) is 34.0 Å². The van der Waals surface area contributed by atoms with Crippen molar-refractivity contribution in [1.29, 1.82) is 0 Å². The van der Waals surface area contributed by atoms with Gasteiger partial charge in [-0.15, -0.1) is 0 Å². The predicted octanol–water partition coefficient (Wildman–Crippen LogP) is 3.81. The number of carbonyl (C=O) groups is 1. The van der Waals surface area contributed by atoms with E-state index < -0.39 is 12.2 Å². The van der Waals surface area contributed by atoms with Crippen molar-refractivity contribution >= 4 is 22.5 Å². The lowest BCUT2D eigenvalue weighted by atomic mass is 10.0. The minimum atomic E-state index is -0.553. The molecular weight excluding hydrogens is 368 g/mol. The Morgan fingerprint density at radius 3 is 2.55 bits per heavy atom. The van der Waals surface area contributed by atoms with Crippen LogP contribution in [0.2, 0.25) is 0 Å². The third kappa shape index (κ3) is 4.75. The number of methoxy groups -OCH3 is 1. The van der Waals surface area contributed by atoms with Gasteiger partial charge in [-0.3, -0.25) is 14.8 Å². The van der Waals surface area contributed by atoms with Gasteiger partial charge in [0.2, 0.25) is 0 Å². The summed E-state index contributed by atoms with van der Waals surface area (Å²) in [6.45, 7) is 5.69. The third-order valence-corrected chi connectivity index (χ3v) is 4.89. The number of aryl methyl sites for hydroxylation is 1. The molecule has 0 aliphatic carbocycles. The number of ether oxygens (including phenoxy) is 1. The first-order chi connectivity index (χ1) is 13.9. The van der Waals surface area contributed by atoms with Gasteiger partial charge in [0.25, 0.3) is 5.91 Å². The number of aliphatic hydroxyl groups is 1. The van der Waals surface area contributed by atoms with Gasteiger partial charge in [-0.25, -0.2) is 4.98 Å². The van der Waals surface area contributed by atoms with Crippen molar-refractivity contribution in [2.45, 2.75) is 45.8 Å². The molecule has 0 radical (unpaired) electrons. The molecule has 2 N–H and O–H groups in total. The highest BCUT2D eigenvalue weighted by molar-refractivity contribution is 5.95. The molecule has 3 heterocycles. The van der Waals surface area contributed by atoms with Gasteiger partial charge in [-0.2, -0.15) is 0 Å². The van der Waals surface area contributed by atoms with Gasteiger partial charge in [0, 0.05) is 42.0 Å². The largest absolute Gasteiger partial charge is 0.387 e. The highest BCUT2D eigenvalue weighted by atomic mass is 16.5. The van der Waals surface area contributed by atoms with E-state index in [1.807, 2.05) is 26.0 Å². The first-order valence-corrected chi connectivity index (χ1v) is 9.67. The molecule has 0 saturated carbocycles. The van der Waals surface area contributed by atoms with E-state index in [1.165, 1.54) is 7.11 Å². The van der Waals surface area contributed by atoms with E-state index in [9.17, 15) is 9.90 Å². The molecule has 29 heavy (non-hydrogen) atoms. The number of amides is 1. The summed E-state index contributed by atoms with van der Waals surface area (Å²) < 4.78 is 5.01. The summed E-state index contributed by atoms with van der Waals surface area (Å²) in [5.74, 6) is 0.198. The van der Waals surface area contributed by atoms with E-state index in [1.54, 1.807) is 31.6 Å². The predicted molar refractivity (Wildman–Crippen MR) is 112 cm³/mol. The normalized spacial score (nSPS) is 13.3. The molecular formula is C22H26N4O3. The van der Waals surface area contributed by atoms with Crippen LogP contribution in [-0.4, -0.2) is 39.2 Å². The Morgan fingerprint density at radius 2 is 1.86 bits per heavy atom. The molecule has 7 heteroatoms. The van der Waals surface area contributed by atoms with E-state index in [0.29, 0.717) is 17.9 Å². The van der Waals surface area contributed by atoms with Crippen molar-refractivity contribution in [2.24, 2.45) is 0 Å². The summed E-state index contributed by atoms with van der Waals surface area (Å²) in [5.41, 5.74) is 3.37. The minimum Gasteiger partial charge on any atom is -0.387 e. The Bertz CT molecular complexity index is 1020. The van der Waals surface area contributed by atoms with Crippen LogP contribution >= 0.6 is 0 Å². The van der Waals surface area contributed by atoms with Gasteiger partial charge in [-0.1, -0.05) is 13.3 Å². The molecule has 2 atom stereocenters. The Morgan fingerprint density at radius 1 is 1.14 bits per heavy atom.